The Kier molecular flexibility index (Phi) is 5.35. The second kappa shape index (κ2) is 6.37. The van der Waals surface area contributed by atoms with E-state index in [2.05, 4.69) is 17.1 Å². The number of carboxylic acids is 1. The van der Waals surface area contributed by atoms with Gasteiger partial charge in [-0.3, -0.25) is 14.5 Å². The fraction of sp³-hybridized carbons (Fsp3) is 0.857. The number of carboxylic acid groups (broad SMARTS) is 1. The summed E-state index contributed by atoms with van der Waals surface area (Å²) < 4.78 is 0. The maximum Gasteiger partial charge on any atom is 0.316 e. The molecule has 0 aromatic carbocycles. The Labute approximate surface area is 115 Å². The highest BCUT2D eigenvalue weighted by molar-refractivity contribution is 5.97. The minimum absolute atomic E-state index is 0.350. The van der Waals surface area contributed by atoms with Gasteiger partial charge in [-0.25, -0.2) is 0 Å². The van der Waals surface area contributed by atoms with Gasteiger partial charge in [0.25, 0.3) is 0 Å². The Bertz CT molecular complexity index is 336. The minimum Gasteiger partial charge on any atom is -0.481 e. The second-order valence-corrected chi connectivity index (χ2v) is 6.31. The maximum absolute atomic E-state index is 12.1. The van der Waals surface area contributed by atoms with Gasteiger partial charge in [0.1, 0.15) is 5.92 Å². The molecule has 0 aromatic rings. The molecule has 5 nitrogen and oxygen atoms in total. The number of hydrogen-bond acceptors (Lipinski definition) is 3. The van der Waals surface area contributed by atoms with Gasteiger partial charge in [-0.15, -0.1) is 0 Å². The molecule has 1 aliphatic rings. The van der Waals surface area contributed by atoms with Crippen molar-refractivity contribution in [2.45, 2.75) is 46.6 Å². The van der Waals surface area contributed by atoms with E-state index in [0.717, 1.165) is 25.9 Å². The van der Waals surface area contributed by atoms with Crippen molar-refractivity contribution in [1.29, 1.82) is 0 Å². The van der Waals surface area contributed by atoms with Crippen LogP contribution in [0.1, 0.15) is 40.5 Å². The van der Waals surface area contributed by atoms with Crippen LogP contribution in [0.2, 0.25) is 0 Å². The Morgan fingerprint density at radius 1 is 1.42 bits per heavy atom. The van der Waals surface area contributed by atoms with Crippen LogP contribution in [-0.4, -0.2) is 47.6 Å². The molecule has 19 heavy (non-hydrogen) atoms. The summed E-state index contributed by atoms with van der Waals surface area (Å²) in [6.45, 7) is 10.0. The van der Waals surface area contributed by atoms with Gasteiger partial charge in [0.05, 0.1) is 0 Å². The molecular formula is C14H26N2O3. The SMILES string of the molecule is CCN1CCCC1CNC(=O)C(C(=O)O)C(C)(C)C. The predicted octanol–water partition coefficient (Wildman–Crippen LogP) is 1.33. The summed E-state index contributed by atoms with van der Waals surface area (Å²) in [5.74, 6) is -2.42. The Hall–Kier alpha value is -1.10. The Morgan fingerprint density at radius 2 is 2.05 bits per heavy atom. The summed E-state index contributed by atoms with van der Waals surface area (Å²) >= 11 is 0. The number of rotatable bonds is 5. The first-order valence-corrected chi connectivity index (χ1v) is 7.02. The standard InChI is InChI=1S/C14H26N2O3/c1-5-16-8-6-7-10(16)9-15-12(17)11(13(18)19)14(2,3)4/h10-11H,5-9H2,1-4H3,(H,15,17)(H,18,19). The molecule has 110 valence electrons. The van der Waals surface area contributed by atoms with Crippen molar-refractivity contribution in [2.75, 3.05) is 19.6 Å². The molecule has 1 saturated heterocycles. The number of carbonyl (C=O) groups excluding carboxylic acids is 1. The maximum atomic E-state index is 12.1. The summed E-state index contributed by atoms with van der Waals surface area (Å²) in [6, 6.07) is 0.350. The molecular weight excluding hydrogens is 244 g/mol. The number of likely N-dealkylation sites (N-methyl/N-ethyl adjacent to an activating group) is 1. The van der Waals surface area contributed by atoms with E-state index >= 15 is 0 Å². The molecule has 1 rings (SSSR count). The van der Waals surface area contributed by atoms with Gasteiger partial charge >= 0.3 is 5.97 Å². The lowest BCUT2D eigenvalue weighted by atomic mass is 9.80. The molecule has 0 aliphatic carbocycles. The van der Waals surface area contributed by atoms with Crippen LogP contribution in [0.3, 0.4) is 0 Å². The Balaban J connectivity index is 2.56. The van der Waals surface area contributed by atoms with E-state index in [1.165, 1.54) is 0 Å². The van der Waals surface area contributed by atoms with E-state index in [4.69, 9.17) is 0 Å². The van der Waals surface area contributed by atoms with Gasteiger partial charge in [-0.05, 0) is 31.3 Å². The largest absolute Gasteiger partial charge is 0.481 e. The monoisotopic (exact) mass is 270 g/mol. The summed E-state index contributed by atoms with van der Waals surface area (Å²) in [4.78, 5) is 25.6. The van der Waals surface area contributed by atoms with E-state index < -0.39 is 17.3 Å². The molecule has 0 spiro atoms. The summed E-state index contributed by atoms with van der Waals surface area (Å²) in [6.07, 6.45) is 2.22. The molecule has 1 fully saturated rings. The lowest BCUT2D eigenvalue weighted by Gasteiger charge is -2.28. The van der Waals surface area contributed by atoms with E-state index in [0.29, 0.717) is 12.6 Å². The van der Waals surface area contributed by atoms with Crippen LogP contribution in [-0.2, 0) is 9.59 Å². The molecule has 1 aliphatic heterocycles. The van der Waals surface area contributed by atoms with Crippen LogP contribution in [0.5, 0.6) is 0 Å². The third-order valence-electron chi connectivity index (χ3n) is 3.79. The fourth-order valence-corrected chi connectivity index (χ4v) is 2.74. The fourth-order valence-electron chi connectivity index (χ4n) is 2.74. The molecule has 1 heterocycles. The topological polar surface area (TPSA) is 69.6 Å². The molecule has 5 heteroatoms. The van der Waals surface area contributed by atoms with Gasteiger partial charge in [-0.2, -0.15) is 0 Å². The van der Waals surface area contributed by atoms with E-state index in [1.807, 2.05) is 0 Å². The molecule has 2 atom stereocenters. The normalized spacial score (nSPS) is 22.2. The Morgan fingerprint density at radius 3 is 2.53 bits per heavy atom. The van der Waals surface area contributed by atoms with Crippen molar-refractivity contribution in [1.82, 2.24) is 10.2 Å². The van der Waals surface area contributed by atoms with Crippen molar-refractivity contribution in [3.63, 3.8) is 0 Å². The van der Waals surface area contributed by atoms with Gasteiger partial charge in [-0.1, -0.05) is 27.7 Å². The zero-order chi connectivity index (χ0) is 14.6. The van der Waals surface area contributed by atoms with Crippen LogP contribution in [0.25, 0.3) is 0 Å². The quantitative estimate of drug-likeness (QED) is 0.740. The number of likely N-dealkylation sites (tertiary alicyclic amines) is 1. The molecule has 0 radical (unpaired) electrons. The molecule has 2 N–H and O–H groups in total. The molecule has 0 bridgehead atoms. The van der Waals surface area contributed by atoms with Gasteiger partial charge in [0, 0.05) is 12.6 Å². The molecule has 0 aromatic heterocycles. The number of nitrogens with one attached hydrogen (secondary N) is 1. The minimum atomic E-state index is -1.05. The number of hydrogen-bond donors (Lipinski definition) is 2. The van der Waals surface area contributed by atoms with Gasteiger partial charge < -0.3 is 10.4 Å². The summed E-state index contributed by atoms with van der Waals surface area (Å²) in [7, 11) is 0. The first kappa shape index (κ1) is 16.0. The van der Waals surface area contributed by atoms with E-state index in [1.54, 1.807) is 20.8 Å². The van der Waals surface area contributed by atoms with Crippen molar-refractivity contribution < 1.29 is 14.7 Å². The van der Waals surface area contributed by atoms with Gasteiger partial charge in [0.2, 0.25) is 5.91 Å². The van der Waals surface area contributed by atoms with Crippen LogP contribution < -0.4 is 5.32 Å². The zero-order valence-electron chi connectivity index (χ0n) is 12.4. The van der Waals surface area contributed by atoms with Crippen molar-refractivity contribution in [2.24, 2.45) is 11.3 Å². The highest BCUT2D eigenvalue weighted by Crippen LogP contribution is 2.26. The van der Waals surface area contributed by atoms with Crippen LogP contribution in [0, 0.1) is 11.3 Å². The van der Waals surface area contributed by atoms with E-state index in [9.17, 15) is 14.7 Å². The second-order valence-electron chi connectivity index (χ2n) is 6.31. The predicted molar refractivity (Wildman–Crippen MR) is 73.9 cm³/mol. The average Bonchev–Trinajstić information content (AvgIpc) is 2.70. The lowest BCUT2D eigenvalue weighted by Crippen LogP contribution is -2.47. The smallest absolute Gasteiger partial charge is 0.316 e. The van der Waals surface area contributed by atoms with E-state index in [-0.39, 0.29) is 5.91 Å². The van der Waals surface area contributed by atoms with Crippen molar-refractivity contribution in [3.8, 4) is 0 Å². The lowest BCUT2D eigenvalue weighted by molar-refractivity contribution is -0.151. The highest BCUT2D eigenvalue weighted by atomic mass is 16.4. The first-order chi connectivity index (χ1) is 8.77. The molecule has 2 unspecified atom stereocenters. The van der Waals surface area contributed by atoms with Crippen LogP contribution >= 0.6 is 0 Å². The third kappa shape index (κ3) is 4.20. The number of nitrogens with zero attached hydrogens (tertiary/aromatic N) is 1. The summed E-state index contributed by atoms with van der Waals surface area (Å²) in [5, 5.41) is 12.0. The number of amides is 1. The molecule has 1 amide bonds. The third-order valence-corrected chi connectivity index (χ3v) is 3.79. The number of carbonyl (C=O) groups is 2. The van der Waals surface area contributed by atoms with Crippen molar-refractivity contribution >= 4 is 11.9 Å². The zero-order valence-corrected chi connectivity index (χ0v) is 12.4. The summed E-state index contributed by atoms with van der Waals surface area (Å²) in [5.41, 5.74) is -0.573. The first-order valence-electron chi connectivity index (χ1n) is 7.02. The average molecular weight is 270 g/mol. The van der Waals surface area contributed by atoms with Gasteiger partial charge in [0.15, 0.2) is 0 Å². The highest BCUT2D eigenvalue weighted by Gasteiger charge is 2.38. The number of aliphatic carboxylic acids is 1. The molecule has 0 saturated carbocycles. The van der Waals surface area contributed by atoms with Crippen molar-refractivity contribution in [3.05, 3.63) is 0 Å². The van der Waals surface area contributed by atoms with Crippen LogP contribution in [0.15, 0.2) is 0 Å². The van der Waals surface area contributed by atoms with Crippen LogP contribution in [0.4, 0.5) is 0 Å².